The van der Waals surface area contributed by atoms with E-state index in [1.54, 1.807) is 6.92 Å². The Morgan fingerprint density at radius 3 is 2.55 bits per heavy atom. The van der Waals surface area contributed by atoms with E-state index >= 15 is 0 Å². The first-order valence-corrected chi connectivity index (χ1v) is 5.54. The number of anilines is 1. The van der Waals surface area contributed by atoms with E-state index in [2.05, 4.69) is 10.4 Å². The highest BCUT2D eigenvalue weighted by atomic mass is 19.4. The summed E-state index contributed by atoms with van der Waals surface area (Å²) >= 11 is 0. The molecule has 2 aromatic rings. The van der Waals surface area contributed by atoms with Crippen molar-refractivity contribution in [2.45, 2.75) is 13.1 Å². The summed E-state index contributed by atoms with van der Waals surface area (Å²) in [5.74, 6) is 0. The number of alkyl halides is 3. The number of aryl methyl sites for hydroxylation is 1. The maximum Gasteiger partial charge on any atom is 0.416 e. The van der Waals surface area contributed by atoms with E-state index in [1.165, 1.54) is 18.2 Å². The van der Waals surface area contributed by atoms with Crippen LogP contribution in [0.25, 0.3) is 0 Å². The van der Waals surface area contributed by atoms with Gasteiger partial charge in [-0.25, -0.2) is 4.79 Å². The van der Waals surface area contributed by atoms with Crippen LogP contribution >= 0.6 is 0 Å². The molecule has 8 heteroatoms. The topological polar surface area (TPSA) is 66.9 Å². The zero-order valence-electron chi connectivity index (χ0n) is 10.3. The predicted molar refractivity (Wildman–Crippen MR) is 65.7 cm³/mol. The number of hydrogen-bond donors (Lipinski definition) is 2. The lowest BCUT2D eigenvalue weighted by atomic mass is 10.2. The maximum absolute atomic E-state index is 12.5. The number of halogens is 3. The molecule has 1 amide bonds. The molecule has 5 nitrogen and oxygen atoms in total. The number of hydrogen-bond acceptors (Lipinski definition) is 2. The van der Waals surface area contributed by atoms with Crippen LogP contribution in [-0.2, 0) is 6.18 Å². The van der Waals surface area contributed by atoms with Gasteiger partial charge in [0.2, 0.25) is 0 Å². The molecule has 1 aromatic carbocycles. The number of carbonyl (C=O) groups is 1. The number of nitrogens with one attached hydrogen (secondary N) is 2. The second-order valence-electron chi connectivity index (χ2n) is 4.12. The van der Waals surface area contributed by atoms with Crippen molar-refractivity contribution in [3.8, 4) is 0 Å². The first kappa shape index (κ1) is 13.9. The largest absolute Gasteiger partial charge is 0.416 e. The molecular weight excluding hydrogens is 275 g/mol. The molecular formula is C12H10F3N3O2. The number of benzene rings is 1. The minimum absolute atomic E-state index is 0.0519. The minimum Gasteiger partial charge on any atom is -0.306 e. The van der Waals surface area contributed by atoms with Crippen LogP contribution in [0.2, 0.25) is 0 Å². The summed E-state index contributed by atoms with van der Waals surface area (Å²) in [7, 11) is 0. The van der Waals surface area contributed by atoms with E-state index in [-0.39, 0.29) is 5.69 Å². The van der Waals surface area contributed by atoms with Crippen molar-refractivity contribution in [2.24, 2.45) is 0 Å². The molecule has 0 atom stereocenters. The molecule has 0 aliphatic heterocycles. The van der Waals surface area contributed by atoms with E-state index in [9.17, 15) is 22.8 Å². The lowest BCUT2D eigenvalue weighted by molar-refractivity contribution is -0.137. The van der Waals surface area contributed by atoms with Gasteiger partial charge in [-0.05, 0) is 25.1 Å². The standard InChI is InChI=1S/C12H10F3N3O2/c1-7-5-10(19)18(17-7)11(20)16-9-4-2-3-8(6-9)12(13,14)15/h2-6,17H,1H3,(H,16,20). The lowest BCUT2D eigenvalue weighted by Gasteiger charge is -2.09. The number of carbonyl (C=O) groups excluding carboxylic acids is 1. The van der Waals surface area contributed by atoms with Crippen molar-refractivity contribution in [3.05, 3.63) is 51.9 Å². The SMILES string of the molecule is Cc1cc(=O)n(C(=O)Nc2cccc(C(F)(F)F)c2)[nH]1. The number of amides is 1. The molecule has 0 radical (unpaired) electrons. The second-order valence-corrected chi connectivity index (χ2v) is 4.12. The van der Waals surface area contributed by atoms with Crippen LogP contribution in [0.4, 0.5) is 23.7 Å². The maximum atomic E-state index is 12.5. The number of rotatable bonds is 1. The Bertz CT molecular complexity index is 700. The molecule has 0 aliphatic carbocycles. The Morgan fingerprint density at radius 1 is 1.30 bits per heavy atom. The summed E-state index contributed by atoms with van der Waals surface area (Å²) in [6.07, 6.45) is -4.50. The van der Waals surface area contributed by atoms with E-state index in [4.69, 9.17) is 0 Å². The van der Waals surface area contributed by atoms with Crippen LogP contribution < -0.4 is 10.9 Å². The zero-order valence-corrected chi connectivity index (χ0v) is 10.3. The molecule has 2 rings (SSSR count). The zero-order chi connectivity index (χ0) is 14.9. The van der Waals surface area contributed by atoms with Crippen molar-refractivity contribution in [1.82, 2.24) is 9.78 Å². The van der Waals surface area contributed by atoms with Gasteiger partial charge in [0, 0.05) is 17.4 Å². The van der Waals surface area contributed by atoms with Gasteiger partial charge in [-0.15, -0.1) is 0 Å². The van der Waals surface area contributed by atoms with E-state index in [0.717, 1.165) is 12.1 Å². The van der Waals surface area contributed by atoms with Gasteiger partial charge >= 0.3 is 12.2 Å². The monoisotopic (exact) mass is 285 g/mol. The molecule has 0 saturated heterocycles. The van der Waals surface area contributed by atoms with Crippen LogP contribution in [0.5, 0.6) is 0 Å². The molecule has 0 unspecified atom stereocenters. The smallest absolute Gasteiger partial charge is 0.306 e. The summed E-state index contributed by atoms with van der Waals surface area (Å²) < 4.78 is 38.2. The van der Waals surface area contributed by atoms with Gasteiger partial charge in [-0.3, -0.25) is 9.89 Å². The van der Waals surface area contributed by atoms with Crippen LogP contribution in [0.1, 0.15) is 11.3 Å². The summed E-state index contributed by atoms with van der Waals surface area (Å²) in [6.45, 7) is 1.58. The second kappa shape index (κ2) is 4.87. The Kier molecular flexibility index (Phi) is 3.39. The number of H-pyrrole nitrogens is 1. The molecule has 20 heavy (non-hydrogen) atoms. The van der Waals surface area contributed by atoms with Crippen LogP contribution in [-0.4, -0.2) is 15.8 Å². The highest BCUT2D eigenvalue weighted by Gasteiger charge is 2.30. The third kappa shape index (κ3) is 2.90. The Morgan fingerprint density at radius 2 is 2.00 bits per heavy atom. The molecule has 106 valence electrons. The first-order valence-electron chi connectivity index (χ1n) is 5.54. The van der Waals surface area contributed by atoms with Crippen molar-refractivity contribution in [2.75, 3.05) is 5.32 Å². The van der Waals surface area contributed by atoms with Gasteiger partial charge in [0.25, 0.3) is 5.56 Å². The Hall–Kier alpha value is -2.51. The highest BCUT2D eigenvalue weighted by molar-refractivity contribution is 5.90. The molecule has 1 aromatic heterocycles. The predicted octanol–water partition coefficient (Wildman–Crippen LogP) is 2.58. The van der Waals surface area contributed by atoms with Gasteiger partial charge < -0.3 is 5.32 Å². The summed E-state index contributed by atoms with van der Waals surface area (Å²) in [5.41, 5.74) is -1.06. The van der Waals surface area contributed by atoms with Crippen LogP contribution in [0.3, 0.4) is 0 Å². The van der Waals surface area contributed by atoms with Crippen molar-refractivity contribution in [1.29, 1.82) is 0 Å². The van der Waals surface area contributed by atoms with Crippen molar-refractivity contribution in [3.63, 3.8) is 0 Å². The summed E-state index contributed by atoms with van der Waals surface area (Å²) in [4.78, 5) is 23.1. The number of aromatic amines is 1. The summed E-state index contributed by atoms with van der Waals surface area (Å²) in [5, 5.41) is 4.70. The average Bonchev–Trinajstić information content (AvgIpc) is 2.68. The van der Waals surface area contributed by atoms with Crippen molar-refractivity contribution >= 4 is 11.7 Å². The highest BCUT2D eigenvalue weighted by Crippen LogP contribution is 2.30. The average molecular weight is 285 g/mol. The Labute approximate surface area is 111 Å². The summed E-state index contributed by atoms with van der Waals surface area (Å²) in [6, 6.07) is 4.49. The van der Waals surface area contributed by atoms with Gasteiger partial charge in [0.1, 0.15) is 0 Å². The van der Waals surface area contributed by atoms with Gasteiger partial charge in [-0.1, -0.05) is 6.07 Å². The third-order valence-corrected chi connectivity index (χ3v) is 2.49. The molecule has 0 spiro atoms. The fraction of sp³-hybridized carbons (Fsp3) is 0.167. The van der Waals surface area contributed by atoms with Gasteiger partial charge in [0.05, 0.1) is 5.56 Å². The fourth-order valence-corrected chi connectivity index (χ4v) is 1.62. The third-order valence-electron chi connectivity index (χ3n) is 2.49. The lowest BCUT2D eigenvalue weighted by Crippen LogP contribution is -2.29. The molecule has 0 bridgehead atoms. The van der Waals surface area contributed by atoms with Gasteiger partial charge in [-0.2, -0.15) is 17.9 Å². The fourth-order valence-electron chi connectivity index (χ4n) is 1.62. The normalized spacial score (nSPS) is 11.4. The molecule has 2 N–H and O–H groups in total. The van der Waals surface area contributed by atoms with E-state index < -0.39 is 23.3 Å². The van der Waals surface area contributed by atoms with E-state index in [1.807, 2.05) is 0 Å². The minimum atomic E-state index is -4.50. The first-order chi connectivity index (χ1) is 9.27. The van der Waals surface area contributed by atoms with Gasteiger partial charge in [0.15, 0.2) is 0 Å². The Balaban J connectivity index is 2.25. The molecule has 1 heterocycles. The quantitative estimate of drug-likeness (QED) is 0.845. The molecule has 0 saturated carbocycles. The van der Waals surface area contributed by atoms with Crippen LogP contribution in [0, 0.1) is 6.92 Å². The van der Waals surface area contributed by atoms with Crippen LogP contribution in [0.15, 0.2) is 35.1 Å². The van der Waals surface area contributed by atoms with Crippen molar-refractivity contribution < 1.29 is 18.0 Å². The number of aromatic nitrogens is 2. The van der Waals surface area contributed by atoms with E-state index in [0.29, 0.717) is 10.4 Å². The molecule has 0 aliphatic rings. The molecule has 0 fully saturated rings. The number of nitrogens with zero attached hydrogens (tertiary/aromatic N) is 1.